The van der Waals surface area contributed by atoms with E-state index in [0.717, 1.165) is 29.6 Å². The number of halogens is 1. The van der Waals surface area contributed by atoms with Crippen molar-refractivity contribution in [2.75, 3.05) is 13.6 Å². The zero-order chi connectivity index (χ0) is 14.9. The number of aromatic nitrogens is 1. The summed E-state index contributed by atoms with van der Waals surface area (Å²) in [6.07, 6.45) is 2.68. The minimum atomic E-state index is 0.650. The average molecular weight is 303 g/mol. The molecular formula is C16H19ClN4. The van der Waals surface area contributed by atoms with Gasteiger partial charge in [0.15, 0.2) is 5.96 Å². The minimum Gasteiger partial charge on any atom is -0.356 e. The highest BCUT2D eigenvalue weighted by atomic mass is 35.5. The molecule has 0 saturated carbocycles. The van der Waals surface area contributed by atoms with Gasteiger partial charge in [-0.2, -0.15) is 0 Å². The van der Waals surface area contributed by atoms with Crippen molar-refractivity contribution in [3.63, 3.8) is 0 Å². The third-order valence-corrected chi connectivity index (χ3v) is 3.22. The van der Waals surface area contributed by atoms with Gasteiger partial charge in [-0.25, -0.2) is 0 Å². The standard InChI is InChI=1S/C16H19ClN4/c1-18-16(21-12-15-7-2-3-9-19-15)20-10-8-13-5-4-6-14(17)11-13/h2-7,9,11H,8,10,12H2,1H3,(H2,18,20,21). The first-order chi connectivity index (χ1) is 10.3. The lowest BCUT2D eigenvalue weighted by molar-refractivity contribution is 0.783. The molecule has 2 aromatic rings. The number of nitrogens with one attached hydrogen (secondary N) is 2. The fraction of sp³-hybridized carbons (Fsp3) is 0.250. The van der Waals surface area contributed by atoms with Crippen LogP contribution in [0.25, 0.3) is 0 Å². The van der Waals surface area contributed by atoms with Crippen molar-refractivity contribution in [1.82, 2.24) is 15.6 Å². The Kier molecular flexibility index (Phi) is 6.03. The lowest BCUT2D eigenvalue weighted by atomic mass is 10.1. The van der Waals surface area contributed by atoms with E-state index >= 15 is 0 Å². The molecular weight excluding hydrogens is 284 g/mol. The molecule has 0 aliphatic carbocycles. The van der Waals surface area contributed by atoms with Crippen LogP contribution in [0.4, 0.5) is 0 Å². The number of hydrogen-bond acceptors (Lipinski definition) is 2. The molecule has 0 fully saturated rings. The van der Waals surface area contributed by atoms with Crippen molar-refractivity contribution < 1.29 is 0 Å². The van der Waals surface area contributed by atoms with Gasteiger partial charge in [0.2, 0.25) is 0 Å². The molecule has 2 N–H and O–H groups in total. The maximum absolute atomic E-state index is 5.97. The van der Waals surface area contributed by atoms with Gasteiger partial charge in [-0.1, -0.05) is 29.8 Å². The third kappa shape index (κ3) is 5.44. The molecule has 0 aliphatic rings. The van der Waals surface area contributed by atoms with Crippen molar-refractivity contribution in [2.24, 2.45) is 4.99 Å². The molecule has 110 valence electrons. The van der Waals surface area contributed by atoms with Crippen molar-refractivity contribution in [3.8, 4) is 0 Å². The molecule has 1 aromatic heterocycles. The average Bonchev–Trinajstić information content (AvgIpc) is 2.52. The Balaban J connectivity index is 1.75. The molecule has 5 heteroatoms. The molecule has 0 unspecified atom stereocenters. The van der Waals surface area contributed by atoms with E-state index in [9.17, 15) is 0 Å². The second kappa shape index (κ2) is 8.27. The first-order valence-corrected chi connectivity index (χ1v) is 7.24. The summed E-state index contributed by atoms with van der Waals surface area (Å²) in [5.74, 6) is 0.766. The smallest absolute Gasteiger partial charge is 0.191 e. The van der Waals surface area contributed by atoms with E-state index in [1.807, 2.05) is 36.4 Å². The molecule has 1 heterocycles. The Morgan fingerprint density at radius 3 is 2.81 bits per heavy atom. The molecule has 0 bridgehead atoms. The van der Waals surface area contributed by atoms with Crippen LogP contribution in [-0.4, -0.2) is 24.5 Å². The van der Waals surface area contributed by atoms with Crippen molar-refractivity contribution >= 4 is 17.6 Å². The lowest BCUT2D eigenvalue weighted by Gasteiger charge is -2.11. The lowest BCUT2D eigenvalue weighted by Crippen LogP contribution is -2.38. The van der Waals surface area contributed by atoms with Crippen LogP contribution in [0.5, 0.6) is 0 Å². The Morgan fingerprint density at radius 2 is 2.10 bits per heavy atom. The summed E-state index contributed by atoms with van der Waals surface area (Å²) in [5, 5.41) is 7.28. The minimum absolute atomic E-state index is 0.650. The number of pyridine rings is 1. The number of hydrogen-bond donors (Lipinski definition) is 2. The predicted octanol–water partition coefficient (Wildman–Crippen LogP) is 2.64. The zero-order valence-corrected chi connectivity index (χ0v) is 12.8. The summed E-state index contributed by atoms with van der Waals surface area (Å²) in [5.41, 5.74) is 2.19. The molecule has 0 spiro atoms. The van der Waals surface area contributed by atoms with E-state index in [2.05, 4.69) is 26.7 Å². The molecule has 21 heavy (non-hydrogen) atoms. The predicted molar refractivity (Wildman–Crippen MR) is 87.6 cm³/mol. The Morgan fingerprint density at radius 1 is 1.19 bits per heavy atom. The highest BCUT2D eigenvalue weighted by Crippen LogP contribution is 2.10. The Hall–Kier alpha value is -2.07. The molecule has 4 nitrogen and oxygen atoms in total. The van der Waals surface area contributed by atoms with Gasteiger partial charge in [0, 0.05) is 24.8 Å². The number of nitrogens with zero attached hydrogens (tertiary/aromatic N) is 2. The number of guanidine groups is 1. The molecule has 0 saturated heterocycles. The van der Waals surface area contributed by atoms with E-state index in [-0.39, 0.29) is 0 Å². The van der Waals surface area contributed by atoms with Crippen molar-refractivity contribution in [3.05, 3.63) is 64.9 Å². The summed E-state index contributed by atoms with van der Waals surface area (Å²) in [4.78, 5) is 8.46. The topological polar surface area (TPSA) is 49.3 Å². The van der Waals surface area contributed by atoms with Crippen LogP contribution in [0.15, 0.2) is 53.7 Å². The maximum atomic E-state index is 5.97. The van der Waals surface area contributed by atoms with Crippen molar-refractivity contribution in [2.45, 2.75) is 13.0 Å². The number of aliphatic imine (C=N–C) groups is 1. The van der Waals surface area contributed by atoms with Gasteiger partial charge < -0.3 is 10.6 Å². The van der Waals surface area contributed by atoms with Gasteiger partial charge in [0.1, 0.15) is 0 Å². The fourth-order valence-electron chi connectivity index (χ4n) is 1.92. The first-order valence-electron chi connectivity index (χ1n) is 6.87. The summed E-state index contributed by atoms with van der Waals surface area (Å²) < 4.78 is 0. The van der Waals surface area contributed by atoms with Crippen LogP contribution in [0.1, 0.15) is 11.3 Å². The van der Waals surface area contributed by atoms with Gasteiger partial charge in [-0.3, -0.25) is 9.98 Å². The number of rotatable bonds is 5. The summed E-state index contributed by atoms with van der Waals surface area (Å²) >= 11 is 5.97. The highest BCUT2D eigenvalue weighted by molar-refractivity contribution is 6.30. The van der Waals surface area contributed by atoms with E-state index in [1.54, 1.807) is 13.2 Å². The van der Waals surface area contributed by atoms with E-state index in [4.69, 9.17) is 11.6 Å². The molecule has 0 amide bonds. The summed E-state index contributed by atoms with van der Waals surface area (Å²) in [6.45, 7) is 1.44. The second-order valence-corrected chi connectivity index (χ2v) is 4.99. The van der Waals surface area contributed by atoms with E-state index in [0.29, 0.717) is 6.54 Å². The van der Waals surface area contributed by atoms with Gasteiger partial charge in [-0.15, -0.1) is 0 Å². The molecule has 0 radical (unpaired) electrons. The van der Waals surface area contributed by atoms with Gasteiger partial charge in [0.25, 0.3) is 0 Å². The Labute approximate surface area is 130 Å². The second-order valence-electron chi connectivity index (χ2n) is 4.55. The van der Waals surface area contributed by atoms with E-state index in [1.165, 1.54) is 5.56 Å². The van der Waals surface area contributed by atoms with Crippen molar-refractivity contribution in [1.29, 1.82) is 0 Å². The van der Waals surface area contributed by atoms with Gasteiger partial charge in [-0.05, 0) is 36.2 Å². The molecule has 2 rings (SSSR count). The molecule has 0 atom stereocenters. The quantitative estimate of drug-likeness (QED) is 0.659. The maximum Gasteiger partial charge on any atom is 0.191 e. The zero-order valence-electron chi connectivity index (χ0n) is 12.0. The van der Waals surface area contributed by atoms with Gasteiger partial charge in [0.05, 0.1) is 12.2 Å². The molecule has 0 aliphatic heterocycles. The van der Waals surface area contributed by atoms with Crippen LogP contribution < -0.4 is 10.6 Å². The highest BCUT2D eigenvalue weighted by Gasteiger charge is 1.99. The number of benzene rings is 1. The van der Waals surface area contributed by atoms with Crippen LogP contribution in [-0.2, 0) is 13.0 Å². The van der Waals surface area contributed by atoms with E-state index < -0.39 is 0 Å². The fourth-order valence-corrected chi connectivity index (χ4v) is 2.13. The Bertz CT molecular complexity index is 584. The SMILES string of the molecule is CN=C(NCCc1cccc(Cl)c1)NCc1ccccn1. The summed E-state index contributed by atoms with van der Waals surface area (Å²) in [7, 11) is 1.76. The van der Waals surface area contributed by atoms with Crippen LogP contribution >= 0.6 is 11.6 Å². The van der Waals surface area contributed by atoms with Crippen LogP contribution in [0.2, 0.25) is 5.02 Å². The van der Waals surface area contributed by atoms with Crippen LogP contribution in [0, 0.1) is 0 Å². The third-order valence-electron chi connectivity index (χ3n) is 2.98. The monoisotopic (exact) mass is 302 g/mol. The normalized spacial score (nSPS) is 11.2. The largest absolute Gasteiger partial charge is 0.356 e. The molecule has 1 aromatic carbocycles. The van der Waals surface area contributed by atoms with Crippen LogP contribution in [0.3, 0.4) is 0 Å². The summed E-state index contributed by atoms with van der Waals surface area (Å²) in [6, 6.07) is 13.7. The first kappa shape index (κ1) is 15.3. The van der Waals surface area contributed by atoms with Gasteiger partial charge >= 0.3 is 0 Å².